The van der Waals surface area contributed by atoms with Gasteiger partial charge in [-0.3, -0.25) is 0 Å². The molecule has 0 fully saturated rings. The van der Waals surface area contributed by atoms with Crippen molar-refractivity contribution in [1.82, 2.24) is 15.3 Å². The van der Waals surface area contributed by atoms with Crippen molar-refractivity contribution in [1.29, 1.82) is 0 Å². The summed E-state index contributed by atoms with van der Waals surface area (Å²) >= 11 is 0. The zero-order valence-electron chi connectivity index (χ0n) is 14.0. The summed E-state index contributed by atoms with van der Waals surface area (Å²) < 4.78 is 0. The van der Waals surface area contributed by atoms with E-state index in [-0.39, 0.29) is 0 Å². The maximum Gasteiger partial charge on any atom is 0.225 e. The minimum absolute atomic E-state index is 0.607. The van der Waals surface area contributed by atoms with E-state index in [0.29, 0.717) is 5.92 Å². The minimum Gasteiger partial charge on any atom is -0.341 e. The van der Waals surface area contributed by atoms with Crippen LogP contribution in [0.2, 0.25) is 0 Å². The average molecular weight is 278 g/mol. The SMILES string of the molecule is CCNCC(C)Cc1c(C)nc(N(CC)CC)nc1C. The smallest absolute Gasteiger partial charge is 0.225 e. The lowest BCUT2D eigenvalue weighted by atomic mass is 9.99. The first-order valence-electron chi connectivity index (χ1n) is 7.83. The molecule has 1 rings (SSSR count). The minimum atomic E-state index is 0.607. The normalized spacial score (nSPS) is 12.5. The van der Waals surface area contributed by atoms with Crippen LogP contribution in [0.15, 0.2) is 0 Å². The molecule has 0 aliphatic rings. The molecule has 0 saturated heterocycles. The van der Waals surface area contributed by atoms with Crippen molar-refractivity contribution in [2.45, 2.75) is 48.0 Å². The van der Waals surface area contributed by atoms with Crippen LogP contribution in [0.3, 0.4) is 0 Å². The molecule has 0 aliphatic carbocycles. The molecule has 1 heterocycles. The summed E-state index contributed by atoms with van der Waals surface area (Å²) in [5.74, 6) is 1.48. The Morgan fingerprint density at radius 2 is 1.60 bits per heavy atom. The number of hydrogen-bond donors (Lipinski definition) is 1. The van der Waals surface area contributed by atoms with Crippen LogP contribution in [-0.2, 0) is 6.42 Å². The van der Waals surface area contributed by atoms with Gasteiger partial charge in [0.05, 0.1) is 0 Å². The maximum absolute atomic E-state index is 4.70. The van der Waals surface area contributed by atoms with Gasteiger partial charge in [0.25, 0.3) is 0 Å². The zero-order valence-corrected chi connectivity index (χ0v) is 14.0. The van der Waals surface area contributed by atoms with E-state index in [1.807, 2.05) is 0 Å². The quantitative estimate of drug-likeness (QED) is 0.794. The number of nitrogens with zero attached hydrogens (tertiary/aromatic N) is 3. The molecule has 1 aromatic rings. The van der Waals surface area contributed by atoms with Gasteiger partial charge in [-0.25, -0.2) is 9.97 Å². The van der Waals surface area contributed by atoms with E-state index < -0.39 is 0 Å². The molecule has 1 atom stereocenters. The fourth-order valence-corrected chi connectivity index (χ4v) is 2.48. The summed E-state index contributed by atoms with van der Waals surface area (Å²) in [5, 5.41) is 3.41. The van der Waals surface area contributed by atoms with Gasteiger partial charge in [0.15, 0.2) is 0 Å². The standard InChI is InChI=1S/C16H30N4/c1-7-17-11-12(4)10-15-13(5)18-16(19-14(15)6)20(8-2)9-3/h12,17H,7-11H2,1-6H3. The van der Waals surface area contributed by atoms with Crippen LogP contribution >= 0.6 is 0 Å². The molecule has 0 spiro atoms. The Labute approximate surface area is 124 Å². The molecule has 1 aromatic heterocycles. The Morgan fingerprint density at radius 1 is 1.05 bits per heavy atom. The Kier molecular flexibility index (Phi) is 6.93. The highest BCUT2D eigenvalue weighted by molar-refractivity contribution is 5.36. The number of aromatic nitrogens is 2. The molecule has 0 aliphatic heterocycles. The summed E-state index contributed by atoms with van der Waals surface area (Å²) in [5.41, 5.74) is 3.57. The van der Waals surface area contributed by atoms with Crippen molar-refractivity contribution < 1.29 is 0 Å². The van der Waals surface area contributed by atoms with E-state index in [9.17, 15) is 0 Å². The molecule has 0 bridgehead atoms. The highest BCUT2D eigenvalue weighted by Gasteiger charge is 2.14. The van der Waals surface area contributed by atoms with Gasteiger partial charge < -0.3 is 10.2 Å². The first-order chi connectivity index (χ1) is 9.53. The number of nitrogens with one attached hydrogen (secondary N) is 1. The monoisotopic (exact) mass is 278 g/mol. The average Bonchev–Trinajstić information content (AvgIpc) is 2.42. The van der Waals surface area contributed by atoms with Crippen LogP contribution in [0.1, 0.15) is 44.6 Å². The van der Waals surface area contributed by atoms with Gasteiger partial charge >= 0.3 is 0 Å². The first kappa shape index (κ1) is 16.9. The molecule has 1 N–H and O–H groups in total. The van der Waals surface area contributed by atoms with Crippen molar-refractivity contribution in [3.63, 3.8) is 0 Å². The third-order valence-electron chi connectivity index (χ3n) is 3.75. The Hall–Kier alpha value is -1.16. The van der Waals surface area contributed by atoms with E-state index in [1.165, 1.54) is 5.56 Å². The summed E-state index contributed by atoms with van der Waals surface area (Å²) in [6.07, 6.45) is 1.04. The van der Waals surface area contributed by atoms with Crippen LogP contribution in [0.5, 0.6) is 0 Å². The number of aryl methyl sites for hydroxylation is 2. The second-order valence-electron chi connectivity index (χ2n) is 5.46. The molecule has 0 aromatic carbocycles. The summed E-state index contributed by atoms with van der Waals surface area (Å²) in [7, 11) is 0. The van der Waals surface area contributed by atoms with Crippen LogP contribution in [0, 0.1) is 19.8 Å². The Morgan fingerprint density at radius 3 is 2.05 bits per heavy atom. The van der Waals surface area contributed by atoms with Crippen LogP contribution in [0.25, 0.3) is 0 Å². The first-order valence-corrected chi connectivity index (χ1v) is 7.83. The van der Waals surface area contributed by atoms with Gasteiger partial charge in [-0.15, -0.1) is 0 Å². The molecule has 4 heteroatoms. The topological polar surface area (TPSA) is 41.1 Å². The van der Waals surface area contributed by atoms with Crippen molar-refractivity contribution in [3.05, 3.63) is 17.0 Å². The van der Waals surface area contributed by atoms with Crippen molar-refractivity contribution in [3.8, 4) is 0 Å². The fraction of sp³-hybridized carbons (Fsp3) is 0.750. The van der Waals surface area contributed by atoms with E-state index >= 15 is 0 Å². The lowest BCUT2D eigenvalue weighted by molar-refractivity contribution is 0.517. The van der Waals surface area contributed by atoms with Crippen LogP contribution < -0.4 is 10.2 Å². The molecule has 0 amide bonds. The van der Waals surface area contributed by atoms with Crippen molar-refractivity contribution in [2.24, 2.45) is 5.92 Å². The Balaban J connectivity index is 2.88. The lowest BCUT2D eigenvalue weighted by Crippen LogP contribution is -2.26. The van der Waals surface area contributed by atoms with Crippen molar-refractivity contribution in [2.75, 3.05) is 31.1 Å². The molecule has 1 unspecified atom stereocenters. The van der Waals surface area contributed by atoms with Gasteiger partial charge in [0, 0.05) is 24.5 Å². The number of anilines is 1. The fourth-order valence-electron chi connectivity index (χ4n) is 2.48. The molecule has 0 radical (unpaired) electrons. The predicted octanol–water partition coefficient (Wildman–Crippen LogP) is 2.73. The third-order valence-corrected chi connectivity index (χ3v) is 3.75. The third kappa shape index (κ3) is 4.44. The van der Waals surface area contributed by atoms with Crippen LogP contribution in [0.4, 0.5) is 5.95 Å². The second kappa shape index (κ2) is 8.20. The molecule has 114 valence electrons. The molecular weight excluding hydrogens is 248 g/mol. The van der Waals surface area contributed by atoms with E-state index in [1.54, 1.807) is 0 Å². The summed E-state index contributed by atoms with van der Waals surface area (Å²) in [6, 6.07) is 0. The zero-order chi connectivity index (χ0) is 15.1. The lowest BCUT2D eigenvalue weighted by Gasteiger charge is -2.21. The van der Waals surface area contributed by atoms with E-state index in [4.69, 9.17) is 9.97 Å². The predicted molar refractivity (Wildman–Crippen MR) is 86.5 cm³/mol. The molecule has 20 heavy (non-hydrogen) atoms. The number of rotatable bonds is 8. The second-order valence-corrected chi connectivity index (χ2v) is 5.46. The van der Waals surface area contributed by atoms with Crippen LogP contribution in [-0.4, -0.2) is 36.1 Å². The van der Waals surface area contributed by atoms with E-state index in [0.717, 1.165) is 49.9 Å². The van der Waals surface area contributed by atoms with Gasteiger partial charge in [0.1, 0.15) is 0 Å². The molecule has 4 nitrogen and oxygen atoms in total. The summed E-state index contributed by atoms with van der Waals surface area (Å²) in [6.45, 7) is 16.9. The number of hydrogen-bond acceptors (Lipinski definition) is 4. The molecular formula is C16H30N4. The Bertz CT molecular complexity index is 390. The maximum atomic E-state index is 4.70. The van der Waals surface area contributed by atoms with Gasteiger partial charge in [-0.05, 0) is 58.7 Å². The molecule has 0 saturated carbocycles. The summed E-state index contributed by atoms with van der Waals surface area (Å²) in [4.78, 5) is 11.6. The van der Waals surface area contributed by atoms with Gasteiger partial charge in [-0.2, -0.15) is 0 Å². The van der Waals surface area contributed by atoms with Gasteiger partial charge in [0.2, 0.25) is 5.95 Å². The van der Waals surface area contributed by atoms with E-state index in [2.05, 4.69) is 51.8 Å². The largest absolute Gasteiger partial charge is 0.341 e. The van der Waals surface area contributed by atoms with Crippen molar-refractivity contribution >= 4 is 5.95 Å². The highest BCUT2D eigenvalue weighted by Crippen LogP contribution is 2.18. The van der Waals surface area contributed by atoms with Gasteiger partial charge in [-0.1, -0.05) is 13.8 Å². The highest BCUT2D eigenvalue weighted by atomic mass is 15.2.